The summed E-state index contributed by atoms with van der Waals surface area (Å²) in [5, 5.41) is 27.5. The number of aliphatic hydroxyl groups is 2. The largest absolute Gasteiger partial charge is 0.491 e. The van der Waals surface area contributed by atoms with E-state index < -0.39 is 17.4 Å². The highest BCUT2D eigenvalue weighted by Gasteiger charge is 2.26. The van der Waals surface area contributed by atoms with Crippen molar-refractivity contribution in [1.82, 2.24) is 5.48 Å². The molecule has 0 radical (unpaired) electrons. The lowest BCUT2D eigenvalue weighted by Gasteiger charge is -2.27. The summed E-state index contributed by atoms with van der Waals surface area (Å²) in [5.41, 5.74) is 1.48. The maximum Gasteiger partial charge on any atom is 0.267 e. The average Bonchev–Trinajstić information content (AvgIpc) is 2.50. The van der Waals surface area contributed by atoms with Gasteiger partial charge in [-0.3, -0.25) is 10.0 Å². The van der Waals surface area contributed by atoms with Crippen LogP contribution in [0.15, 0.2) is 36.4 Å². The number of carbonyl (C=O) groups excluding carboxylic acids is 1. The van der Waals surface area contributed by atoms with Crippen LogP contribution in [-0.4, -0.2) is 34.5 Å². The van der Waals surface area contributed by atoms with Crippen molar-refractivity contribution in [3.05, 3.63) is 42.0 Å². The van der Waals surface area contributed by atoms with E-state index in [0.717, 1.165) is 0 Å². The van der Waals surface area contributed by atoms with Crippen LogP contribution in [0, 0.1) is 5.41 Å². The molecule has 4 N–H and O–H groups in total. The van der Waals surface area contributed by atoms with Crippen LogP contribution in [-0.2, 0) is 4.79 Å². The molecule has 0 saturated carbocycles. The van der Waals surface area contributed by atoms with Gasteiger partial charge in [-0.25, -0.2) is 5.48 Å². The first-order valence-corrected chi connectivity index (χ1v) is 6.55. The van der Waals surface area contributed by atoms with Crippen LogP contribution in [0.5, 0.6) is 5.75 Å². The zero-order valence-corrected chi connectivity index (χ0v) is 12.1. The topological polar surface area (TPSA) is 99.0 Å². The molecule has 0 fully saturated rings. The summed E-state index contributed by atoms with van der Waals surface area (Å²) in [6.45, 7) is 3.70. The maximum absolute atomic E-state index is 11.0. The van der Waals surface area contributed by atoms with E-state index in [0.29, 0.717) is 11.3 Å². The number of hydrogen-bond donors (Lipinski definition) is 4. The van der Waals surface area contributed by atoms with Crippen LogP contribution < -0.4 is 10.2 Å². The van der Waals surface area contributed by atoms with Gasteiger partial charge in [0.2, 0.25) is 0 Å². The average molecular weight is 295 g/mol. The van der Waals surface area contributed by atoms with E-state index in [1.165, 1.54) is 17.6 Å². The van der Waals surface area contributed by atoms with E-state index in [9.17, 15) is 9.90 Å². The molecule has 1 aromatic carbocycles. The molecular weight excluding hydrogens is 274 g/mol. The van der Waals surface area contributed by atoms with Gasteiger partial charge in [0.1, 0.15) is 12.4 Å². The standard InChI is InChI=1S/C15H21NO5/c1-15(2,8-7-13(18)16-20)14(19)11-3-5-12(6-4-11)21-10-9-17/h3-8,14,17,19-20H,9-10H2,1-2H3,(H,16,18)/b8-7+/t14-/m1/s1. The lowest BCUT2D eigenvalue weighted by molar-refractivity contribution is -0.124. The molecule has 1 rings (SSSR count). The second-order valence-electron chi connectivity index (χ2n) is 5.17. The van der Waals surface area contributed by atoms with Gasteiger partial charge < -0.3 is 14.9 Å². The highest BCUT2D eigenvalue weighted by molar-refractivity contribution is 5.86. The predicted molar refractivity (Wildman–Crippen MR) is 76.8 cm³/mol. The molecule has 116 valence electrons. The Hall–Kier alpha value is -1.89. The van der Waals surface area contributed by atoms with Gasteiger partial charge in [0.15, 0.2) is 0 Å². The summed E-state index contributed by atoms with van der Waals surface area (Å²) in [7, 11) is 0. The quantitative estimate of drug-likeness (QED) is 0.344. The highest BCUT2D eigenvalue weighted by Crippen LogP contribution is 2.35. The van der Waals surface area contributed by atoms with Crippen molar-refractivity contribution in [2.45, 2.75) is 20.0 Å². The van der Waals surface area contributed by atoms with E-state index in [-0.39, 0.29) is 13.2 Å². The Morgan fingerprint density at radius 1 is 1.38 bits per heavy atom. The predicted octanol–water partition coefficient (Wildman–Crippen LogP) is 1.18. The van der Waals surface area contributed by atoms with Gasteiger partial charge in [-0.15, -0.1) is 0 Å². The van der Waals surface area contributed by atoms with E-state index in [1.54, 1.807) is 38.1 Å². The summed E-state index contributed by atoms with van der Waals surface area (Å²) in [4.78, 5) is 11.0. The first-order valence-electron chi connectivity index (χ1n) is 6.55. The molecule has 0 aliphatic rings. The molecule has 0 aliphatic carbocycles. The van der Waals surface area contributed by atoms with Gasteiger partial charge in [0.05, 0.1) is 12.7 Å². The number of ether oxygens (including phenoxy) is 1. The normalized spacial score (nSPS) is 13.2. The molecule has 0 spiro atoms. The maximum atomic E-state index is 11.0. The number of hydrogen-bond acceptors (Lipinski definition) is 5. The Bertz CT molecular complexity index is 481. The van der Waals surface area contributed by atoms with Crippen LogP contribution >= 0.6 is 0 Å². The summed E-state index contributed by atoms with van der Waals surface area (Å²) in [5.74, 6) is -0.0453. The number of aliphatic hydroxyl groups excluding tert-OH is 2. The van der Waals surface area contributed by atoms with Crippen molar-refractivity contribution < 1.29 is 25.0 Å². The van der Waals surface area contributed by atoms with Gasteiger partial charge in [-0.1, -0.05) is 32.1 Å². The third kappa shape index (κ3) is 5.18. The third-order valence-corrected chi connectivity index (χ3v) is 3.04. The molecule has 6 heteroatoms. The number of benzene rings is 1. The molecular formula is C15H21NO5. The Morgan fingerprint density at radius 3 is 2.52 bits per heavy atom. The van der Waals surface area contributed by atoms with E-state index in [2.05, 4.69) is 0 Å². The second-order valence-corrected chi connectivity index (χ2v) is 5.17. The zero-order chi connectivity index (χ0) is 15.9. The van der Waals surface area contributed by atoms with Crippen molar-refractivity contribution in [1.29, 1.82) is 0 Å². The Balaban J connectivity index is 2.79. The fourth-order valence-electron chi connectivity index (χ4n) is 1.76. The molecule has 0 unspecified atom stereocenters. The van der Waals surface area contributed by atoms with Crippen molar-refractivity contribution in [3.8, 4) is 5.75 Å². The molecule has 0 heterocycles. The summed E-state index contributed by atoms with van der Waals surface area (Å²) in [6.07, 6.45) is 1.87. The first-order chi connectivity index (χ1) is 9.90. The molecule has 0 bridgehead atoms. The van der Waals surface area contributed by atoms with Crippen LogP contribution in [0.2, 0.25) is 0 Å². The van der Waals surface area contributed by atoms with Gasteiger partial charge in [0.25, 0.3) is 5.91 Å². The molecule has 6 nitrogen and oxygen atoms in total. The van der Waals surface area contributed by atoms with Crippen molar-refractivity contribution in [2.24, 2.45) is 5.41 Å². The molecule has 0 aromatic heterocycles. The molecule has 21 heavy (non-hydrogen) atoms. The summed E-state index contributed by atoms with van der Waals surface area (Å²) in [6, 6.07) is 6.85. The Labute approximate surface area is 123 Å². The summed E-state index contributed by atoms with van der Waals surface area (Å²) < 4.78 is 5.24. The van der Waals surface area contributed by atoms with Crippen molar-refractivity contribution in [3.63, 3.8) is 0 Å². The number of rotatable bonds is 7. The van der Waals surface area contributed by atoms with Crippen LogP contribution in [0.25, 0.3) is 0 Å². The smallest absolute Gasteiger partial charge is 0.267 e. The van der Waals surface area contributed by atoms with Crippen molar-refractivity contribution in [2.75, 3.05) is 13.2 Å². The molecule has 0 aliphatic heterocycles. The minimum absolute atomic E-state index is 0.0604. The van der Waals surface area contributed by atoms with Crippen molar-refractivity contribution >= 4 is 5.91 Å². The van der Waals surface area contributed by atoms with Crippen LogP contribution in [0.1, 0.15) is 25.5 Å². The van der Waals surface area contributed by atoms with Gasteiger partial charge in [-0.2, -0.15) is 0 Å². The number of hydroxylamine groups is 1. The number of amides is 1. The van der Waals surface area contributed by atoms with E-state index in [4.69, 9.17) is 15.1 Å². The highest BCUT2D eigenvalue weighted by atomic mass is 16.5. The summed E-state index contributed by atoms with van der Waals surface area (Å²) >= 11 is 0. The Morgan fingerprint density at radius 2 is 2.00 bits per heavy atom. The minimum atomic E-state index is -0.827. The lowest BCUT2D eigenvalue weighted by Crippen LogP contribution is -2.22. The number of carbonyl (C=O) groups is 1. The third-order valence-electron chi connectivity index (χ3n) is 3.04. The SMILES string of the molecule is CC(C)(/C=C/C(=O)NO)[C@H](O)c1ccc(OCCO)cc1. The van der Waals surface area contributed by atoms with Gasteiger partial charge >= 0.3 is 0 Å². The number of nitrogens with one attached hydrogen (secondary N) is 1. The van der Waals surface area contributed by atoms with Crippen LogP contribution in [0.3, 0.4) is 0 Å². The van der Waals surface area contributed by atoms with Crippen LogP contribution in [0.4, 0.5) is 0 Å². The zero-order valence-electron chi connectivity index (χ0n) is 12.1. The molecule has 0 saturated heterocycles. The van der Waals surface area contributed by atoms with E-state index >= 15 is 0 Å². The van der Waals surface area contributed by atoms with Gasteiger partial charge in [-0.05, 0) is 17.7 Å². The van der Waals surface area contributed by atoms with E-state index in [1.807, 2.05) is 0 Å². The molecule has 1 atom stereocenters. The fraction of sp³-hybridized carbons (Fsp3) is 0.400. The van der Waals surface area contributed by atoms with Gasteiger partial charge in [0, 0.05) is 11.5 Å². The second kappa shape index (κ2) is 7.78. The lowest BCUT2D eigenvalue weighted by atomic mass is 9.82. The molecule has 1 amide bonds. The Kier molecular flexibility index (Phi) is 6.36. The monoisotopic (exact) mass is 295 g/mol. The minimum Gasteiger partial charge on any atom is -0.491 e. The molecule has 1 aromatic rings. The fourth-order valence-corrected chi connectivity index (χ4v) is 1.76. The first kappa shape index (κ1) is 17.2.